The molecular weight excluding hydrogens is 152 g/mol. The number of carbonyl (C=O) groups is 1. The number of ketones is 1. The van der Waals surface area contributed by atoms with E-state index in [9.17, 15) is 4.79 Å². The van der Waals surface area contributed by atoms with E-state index in [1.165, 1.54) is 12.8 Å². The van der Waals surface area contributed by atoms with Crippen molar-refractivity contribution in [2.75, 3.05) is 0 Å². The third kappa shape index (κ3) is 1.26. The fraction of sp³-hybridized carbons (Fsp3) is 0.556. The number of hydrogen-bond donors (Lipinski definition) is 1. The van der Waals surface area contributed by atoms with Gasteiger partial charge in [-0.3, -0.25) is 4.79 Å². The lowest BCUT2D eigenvalue weighted by atomic mass is 10.0. The maximum atomic E-state index is 11.6. The van der Waals surface area contributed by atoms with Crippen molar-refractivity contribution in [1.82, 2.24) is 9.97 Å². The molecule has 0 atom stereocenters. The Morgan fingerprint density at radius 2 is 2.33 bits per heavy atom. The van der Waals surface area contributed by atoms with Gasteiger partial charge in [-0.05, 0) is 12.8 Å². The van der Waals surface area contributed by atoms with E-state index in [1.54, 1.807) is 6.20 Å². The first-order valence-corrected chi connectivity index (χ1v) is 4.33. The second-order valence-corrected chi connectivity index (χ2v) is 3.24. The van der Waals surface area contributed by atoms with Crippen molar-refractivity contribution >= 4 is 5.78 Å². The van der Waals surface area contributed by atoms with Crippen LogP contribution >= 0.6 is 0 Å². The van der Waals surface area contributed by atoms with Gasteiger partial charge in [-0.25, -0.2) is 4.98 Å². The number of nitrogens with zero attached hydrogens (tertiary/aromatic N) is 1. The molecule has 0 amide bonds. The van der Waals surface area contributed by atoms with Gasteiger partial charge in [0, 0.05) is 12.1 Å². The molecule has 1 radical (unpaired) electrons. The van der Waals surface area contributed by atoms with Gasteiger partial charge in [0.1, 0.15) is 5.69 Å². The highest BCUT2D eigenvalue weighted by atomic mass is 16.1. The first kappa shape index (κ1) is 7.53. The number of imidazole rings is 1. The molecule has 3 nitrogen and oxygen atoms in total. The van der Waals surface area contributed by atoms with Crippen LogP contribution in [0.15, 0.2) is 6.20 Å². The molecule has 2 rings (SSSR count). The van der Waals surface area contributed by atoms with Crippen LogP contribution in [0.2, 0.25) is 0 Å². The molecule has 1 aliphatic carbocycles. The second-order valence-electron chi connectivity index (χ2n) is 3.24. The first-order chi connectivity index (χ1) is 5.88. The van der Waals surface area contributed by atoms with Crippen LogP contribution in [0.5, 0.6) is 0 Å². The average molecular weight is 163 g/mol. The number of rotatable bonds is 2. The molecular formula is C9H11N2O. The van der Waals surface area contributed by atoms with Gasteiger partial charge < -0.3 is 4.98 Å². The largest absolute Gasteiger partial charge is 0.341 e. The quantitative estimate of drug-likeness (QED) is 0.673. The molecule has 1 aromatic heterocycles. The summed E-state index contributed by atoms with van der Waals surface area (Å²) >= 11 is 0. The van der Waals surface area contributed by atoms with Gasteiger partial charge in [0.25, 0.3) is 0 Å². The van der Waals surface area contributed by atoms with Gasteiger partial charge in [0.2, 0.25) is 0 Å². The van der Waals surface area contributed by atoms with Crippen molar-refractivity contribution in [3.8, 4) is 0 Å². The van der Waals surface area contributed by atoms with E-state index in [-0.39, 0.29) is 11.7 Å². The van der Waals surface area contributed by atoms with Crippen LogP contribution in [0.4, 0.5) is 0 Å². The van der Waals surface area contributed by atoms with Gasteiger partial charge in [0.15, 0.2) is 12.1 Å². The normalized spacial score (nSPS) is 18.3. The lowest BCUT2D eigenvalue weighted by molar-refractivity contribution is 0.0918. The molecule has 3 heteroatoms. The fourth-order valence-corrected chi connectivity index (χ4v) is 1.75. The van der Waals surface area contributed by atoms with E-state index in [2.05, 4.69) is 16.3 Å². The summed E-state index contributed by atoms with van der Waals surface area (Å²) in [7, 11) is 0. The van der Waals surface area contributed by atoms with E-state index < -0.39 is 0 Å². The minimum absolute atomic E-state index is 0.185. The highest BCUT2D eigenvalue weighted by molar-refractivity contribution is 5.95. The monoisotopic (exact) mass is 163 g/mol. The third-order valence-corrected chi connectivity index (χ3v) is 2.43. The van der Waals surface area contributed by atoms with Gasteiger partial charge >= 0.3 is 0 Å². The van der Waals surface area contributed by atoms with E-state index >= 15 is 0 Å². The van der Waals surface area contributed by atoms with E-state index in [0.29, 0.717) is 5.69 Å². The van der Waals surface area contributed by atoms with Crippen molar-refractivity contribution in [2.45, 2.75) is 25.7 Å². The van der Waals surface area contributed by atoms with Crippen molar-refractivity contribution in [1.29, 1.82) is 0 Å². The minimum atomic E-state index is 0.185. The zero-order valence-corrected chi connectivity index (χ0v) is 6.84. The maximum Gasteiger partial charge on any atom is 0.185 e. The molecule has 1 heterocycles. The molecule has 1 aromatic rings. The molecule has 0 aromatic carbocycles. The third-order valence-electron chi connectivity index (χ3n) is 2.43. The Morgan fingerprint density at radius 1 is 1.58 bits per heavy atom. The molecule has 1 fully saturated rings. The molecule has 1 N–H and O–H groups in total. The van der Waals surface area contributed by atoms with Crippen molar-refractivity contribution in [3.05, 3.63) is 18.2 Å². The number of Topliss-reactive ketones (excluding diaryl/α,β-unsaturated/α-hetero) is 1. The molecule has 0 spiro atoms. The Morgan fingerprint density at radius 3 is 2.92 bits per heavy atom. The Balaban J connectivity index is 2.09. The van der Waals surface area contributed by atoms with Crippen LogP contribution in [0.1, 0.15) is 36.2 Å². The lowest BCUT2D eigenvalue weighted by Gasteiger charge is -2.03. The summed E-state index contributed by atoms with van der Waals surface area (Å²) in [6.07, 6.45) is 8.60. The van der Waals surface area contributed by atoms with Crippen LogP contribution < -0.4 is 0 Å². The number of hydrogen-bond acceptors (Lipinski definition) is 2. The Hall–Kier alpha value is -1.12. The number of carbonyl (C=O) groups excluding carboxylic acids is 1. The Kier molecular flexibility index (Phi) is 1.94. The second kappa shape index (κ2) is 3.09. The summed E-state index contributed by atoms with van der Waals surface area (Å²) in [4.78, 5) is 18.1. The molecule has 12 heavy (non-hydrogen) atoms. The molecule has 0 aliphatic heterocycles. The number of aromatic nitrogens is 2. The molecule has 1 saturated carbocycles. The predicted molar refractivity (Wildman–Crippen MR) is 43.7 cm³/mol. The summed E-state index contributed by atoms with van der Waals surface area (Å²) in [5.74, 6) is 0.409. The lowest BCUT2D eigenvalue weighted by Crippen LogP contribution is -2.11. The van der Waals surface area contributed by atoms with Gasteiger partial charge in [0.05, 0.1) is 0 Å². The molecule has 0 unspecified atom stereocenters. The molecule has 0 saturated heterocycles. The van der Waals surface area contributed by atoms with Crippen molar-refractivity contribution in [3.63, 3.8) is 0 Å². The number of aromatic amines is 1. The smallest absolute Gasteiger partial charge is 0.185 e. The summed E-state index contributed by atoms with van der Waals surface area (Å²) in [5.41, 5.74) is 0.543. The number of nitrogens with one attached hydrogen (secondary N) is 1. The highest BCUT2D eigenvalue weighted by Crippen LogP contribution is 2.27. The zero-order chi connectivity index (χ0) is 8.39. The van der Waals surface area contributed by atoms with E-state index in [1.807, 2.05) is 0 Å². The summed E-state index contributed by atoms with van der Waals surface area (Å²) < 4.78 is 0. The van der Waals surface area contributed by atoms with Crippen molar-refractivity contribution in [2.24, 2.45) is 5.92 Å². The fourth-order valence-electron chi connectivity index (χ4n) is 1.75. The average Bonchev–Trinajstić information content (AvgIpc) is 2.77. The van der Waals surface area contributed by atoms with Crippen LogP contribution in [0, 0.1) is 12.2 Å². The standard InChI is InChI=1S/C9H11N2O/c12-9(7-3-1-2-4-7)8-5-10-6-11-8/h5,7H,1-4H2,(H,10,11). The van der Waals surface area contributed by atoms with Crippen LogP contribution in [-0.4, -0.2) is 15.8 Å². The molecule has 1 aliphatic rings. The van der Waals surface area contributed by atoms with Gasteiger partial charge in [-0.15, -0.1) is 0 Å². The Bertz CT molecular complexity index is 260. The van der Waals surface area contributed by atoms with Crippen molar-refractivity contribution < 1.29 is 4.79 Å². The van der Waals surface area contributed by atoms with Gasteiger partial charge in [-0.2, -0.15) is 0 Å². The summed E-state index contributed by atoms with van der Waals surface area (Å²) in [6, 6.07) is 0. The number of H-pyrrole nitrogens is 1. The zero-order valence-electron chi connectivity index (χ0n) is 6.84. The van der Waals surface area contributed by atoms with E-state index in [0.717, 1.165) is 12.8 Å². The predicted octanol–water partition coefficient (Wildman–Crippen LogP) is 1.58. The SMILES string of the molecule is O=C(c1c[nH][c]n1)C1CCCC1. The van der Waals surface area contributed by atoms with Crippen LogP contribution in [0.3, 0.4) is 0 Å². The summed E-state index contributed by atoms with van der Waals surface area (Å²) in [6.45, 7) is 0. The Labute approximate surface area is 71.2 Å². The maximum absolute atomic E-state index is 11.6. The minimum Gasteiger partial charge on any atom is -0.341 e. The highest BCUT2D eigenvalue weighted by Gasteiger charge is 2.24. The van der Waals surface area contributed by atoms with Gasteiger partial charge in [-0.1, -0.05) is 12.8 Å². The van der Waals surface area contributed by atoms with Crippen LogP contribution in [0.25, 0.3) is 0 Å². The first-order valence-electron chi connectivity index (χ1n) is 4.33. The topological polar surface area (TPSA) is 45.8 Å². The van der Waals surface area contributed by atoms with Crippen LogP contribution in [-0.2, 0) is 0 Å². The molecule has 63 valence electrons. The molecule has 0 bridgehead atoms. The summed E-state index contributed by atoms with van der Waals surface area (Å²) in [5, 5.41) is 0. The van der Waals surface area contributed by atoms with E-state index in [4.69, 9.17) is 0 Å².